The fraction of sp³-hybridized carbons (Fsp3) is 1.00. The van der Waals surface area contributed by atoms with E-state index in [1.165, 1.54) is 0 Å². The number of ether oxygens (including phenoxy) is 7. The van der Waals surface area contributed by atoms with Crippen molar-refractivity contribution in [2.75, 3.05) is 99.1 Å². The van der Waals surface area contributed by atoms with E-state index in [-0.39, 0.29) is 6.61 Å². The molecule has 0 amide bonds. The van der Waals surface area contributed by atoms with E-state index in [2.05, 4.69) is 10.2 Å². The summed E-state index contributed by atoms with van der Waals surface area (Å²) in [5.41, 5.74) is 0. The Hall–Kier alpha value is -0.880. The summed E-state index contributed by atoms with van der Waals surface area (Å²) in [4.78, 5) is 13.9. The van der Waals surface area contributed by atoms with Gasteiger partial charge in [0, 0.05) is 6.61 Å². The van der Waals surface area contributed by atoms with Gasteiger partial charge in [0.1, 0.15) is 6.61 Å². The third-order valence-electron chi connectivity index (χ3n) is 2.81. The van der Waals surface area contributed by atoms with Crippen LogP contribution < -0.4 is 0 Å². The van der Waals surface area contributed by atoms with Crippen LogP contribution in [0.25, 0.3) is 0 Å². The lowest BCUT2D eigenvalue weighted by atomic mass is 10.6. The Morgan fingerprint density at radius 1 is 0.462 bits per heavy atom. The molecule has 0 aliphatic carbocycles. The second-order valence-electron chi connectivity index (χ2n) is 4.78. The van der Waals surface area contributed by atoms with Crippen LogP contribution >= 0.6 is 0 Å². The number of nitrogens with zero attached hydrogens (tertiary/aromatic N) is 1. The van der Waals surface area contributed by atoms with Gasteiger partial charge in [-0.3, -0.25) is 0 Å². The Bertz CT molecular complexity index is 272. The van der Waals surface area contributed by atoms with Crippen LogP contribution in [0.3, 0.4) is 0 Å². The summed E-state index contributed by atoms with van der Waals surface area (Å²) >= 11 is 0. The SMILES string of the molecule is CCOCCOCCOCCOCCOCCOCCOCCON=O. The maximum atomic E-state index is 9.62. The van der Waals surface area contributed by atoms with E-state index in [0.717, 1.165) is 0 Å². The van der Waals surface area contributed by atoms with Gasteiger partial charge in [0.05, 0.1) is 85.9 Å². The molecule has 156 valence electrons. The van der Waals surface area contributed by atoms with Crippen LogP contribution in [-0.2, 0) is 38.0 Å². The molecule has 0 aliphatic heterocycles. The maximum Gasteiger partial charge on any atom is 0.155 e. The van der Waals surface area contributed by atoms with E-state index < -0.39 is 0 Å². The molecule has 10 heteroatoms. The summed E-state index contributed by atoms with van der Waals surface area (Å²) in [7, 11) is 0. The smallest absolute Gasteiger partial charge is 0.155 e. The van der Waals surface area contributed by atoms with Gasteiger partial charge in [0.2, 0.25) is 0 Å². The molecule has 0 bridgehead atoms. The molecule has 0 fully saturated rings. The Kier molecular flexibility index (Phi) is 23.3. The first kappa shape index (κ1) is 25.1. The highest BCUT2D eigenvalue weighted by molar-refractivity contribution is 4.37. The van der Waals surface area contributed by atoms with Crippen molar-refractivity contribution in [1.82, 2.24) is 0 Å². The van der Waals surface area contributed by atoms with Gasteiger partial charge in [-0.1, -0.05) is 0 Å². The number of rotatable bonds is 23. The van der Waals surface area contributed by atoms with Crippen LogP contribution in [0.5, 0.6) is 0 Å². The topological polar surface area (TPSA) is 103 Å². The van der Waals surface area contributed by atoms with Gasteiger partial charge in [-0.15, -0.1) is 4.91 Å². The average Bonchev–Trinajstić information content (AvgIpc) is 2.66. The second kappa shape index (κ2) is 24.1. The van der Waals surface area contributed by atoms with Gasteiger partial charge in [-0.2, -0.15) is 0 Å². The van der Waals surface area contributed by atoms with Crippen molar-refractivity contribution in [2.45, 2.75) is 6.92 Å². The highest BCUT2D eigenvalue weighted by atomic mass is 16.7. The van der Waals surface area contributed by atoms with E-state index in [1.54, 1.807) is 0 Å². The second-order valence-corrected chi connectivity index (χ2v) is 4.78. The zero-order valence-electron chi connectivity index (χ0n) is 15.7. The number of hydrogen-bond acceptors (Lipinski definition) is 10. The minimum Gasteiger partial charge on any atom is -0.379 e. The molecule has 0 heterocycles. The van der Waals surface area contributed by atoms with Crippen LogP contribution in [0.2, 0.25) is 0 Å². The molecule has 0 saturated heterocycles. The van der Waals surface area contributed by atoms with Crippen molar-refractivity contribution < 1.29 is 38.0 Å². The molecule has 0 aromatic heterocycles. The van der Waals surface area contributed by atoms with Gasteiger partial charge < -0.3 is 38.0 Å². The summed E-state index contributed by atoms with van der Waals surface area (Å²) in [6.07, 6.45) is 0. The average molecular weight is 383 g/mol. The van der Waals surface area contributed by atoms with Crippen molar-refractivity contribution in [1.29, 1.82) is 0 Å². The molecule has 0 rings (SSSR count). The Morgan fingerprint density at radius 2 is 0.731 bits per heavy atom. The maximum absolute atomic E-state index is 9.62. The zero-order chi connectivity index (χ0) is 19.0. The van der Waals surface area contributed by atoms with Crippen LogP contribution in [-0.4, -0.2) is 99.1 Å². The summed E-state index contributed by atoms with van der Waals surface area (Å²) in [5, 5.41) is 2.25. The molecule has 10 nitrogen and oxygen atoms in total. The highest BCUT2D eigenvalue weighted by Gasteiger charge is 1.94. The third-order valence-corrected chi connectivity index (χ3v) is 2.81. The van der Waals surface area contributed by atoms with Crippen molar-refractivity contribution in [3.63, 3.8) is 0 Å². The van der Waals surface area contributed by atoms with E-state index >= 15 is 0 Å². The molecule has 0 N–H and O–H groups in total. The molecule has 26 heavy (non-hydrogen) atoms. The molecule has 0 aromatic carbocycles. The van der Waals surface area contributed by atoms with Crippen molar-refractivity contribution >= 4 is 0 Å². The van der Waals surface area contributed by atoms with Gasteiger partial charge in [-0.05, 0) is 6.92 Å². The largest absolute Gasteiger partial charge is 0.379 e. The van der Waals surface area contributed by atoms with Gasteiger partial charge in [0.25, 0.3) is 0 Å². The molecule has 0 unspecified atom stereocenters. The molecule has 0 spiro atoms. The fourth-order valence-electron chi connectivity index (χ4n) is 1.60. The van der Waals surface area contributed by atoms with Crippen LogP contribution in [0, 0.1) is 4.91 Å². The Labute approximate surface area is 155 Å². The normalized spacial score (nSPS) is 11.0. The van der Waals surface area contributed by atoms with E-state index in [0.29, 0.717) is 92.5 Å². The standard InChI is InChI=1S/C16H33NO9/c1-2-19-3-4-20-5-6-21-7-8-22-9-10-23-11-12-24-13-14-25-15-16-26-17-18/h2-16H2,1H3. The third kappa shape index (κ3) is 23.1. The first-order valence-electron chi connectivity index (χ1n) is 8.90. The lowest BCUT2D eigenvalue weighted by Gasteiger charge is -2.08. The summed E-state index contributed by atoms with van der Waals surface area (Å²) in [5.74, 6) is 0. The van der Waals surface area contributed by atoms with E-state index in [9.17, 15) is 4.91 Å². The first-order chi connectivity index (χ1) is 12.9. The van der Waals surface area contributed by atoms with Gasteiger partial charge in [-0.25, -0.2) is 0 Å². The van der Waals surface area contributed by atoms with E-state index in [1.807, 2.05) is 6.92 Å². The monoisotopic (exact) mass is 383 g/mol. The van der Waals surface area contributed by atoms with Crippen LogP contribution in [0.15, 0.2) is 5.34 Å². The Balaban J connectivity index is 2.96. The predicted molar refractivity (Wildman–Crippen MR) is 93.2 cm³/mol. The molecule has 0 radical (unpaired) electrons. The Morgan fingerprint density at radius 3 is 1.00 bits per heavy atom. The lowest BCUT2D eigenvalue weighted by molar-refractivity contribution is -0.0228. The van der Waals surface area contributed by atoms with Crippen molar-refractivity contribution in [2.24, 2.45) is 5.34 Å². The summed E-state index contributed by atoms with van der Waals surface area (Å²) in [6.45, 7) is 9.42. The molecule has 0 saturated carbocycles. The zero-order valence-corrected chi connectivity index (χ0v) is 15.7. The minimum atomic E-state index is 0.153. The van der Waals surface area contributed by atoms with Gasteiger partial charge in [0.15, 0.2) is 5.34 Å². The van der Waals surface area contributed by atoms with Gasteiger partial charge >= 0.3 is 0 Å². The molecule has 0 atom stereocenters. The first-order valence-corrected chi connectivity index (χ1v) is 8.90. The number of hydrogen-bond donors (Lipinski definition) is 0. The molecular formula is C16H33NO9. The molecule has 0 aromatic rings. The van der Waals surface area contributed by atoms with Crippen LogP contribution in [0.1, 0.15) is 6.92 Å². The molecular weight excluding hydrogens is 350 g/mol. The van der Waals surface area contributed by atoms with E-state index in [4.69, 9.17) is 33.2 Å². The fourth-order valence-corrected chi connectivity index (χ4v) is 1.60. The quantitative estimate of drug-likeness (QED) is 0.144. The van der Waals surface area contributed by atoms with Crippen molar-refractivity contribution in [3.8, 4) is 0 Å². The predicted octanol–water partition coefficient (Wildman–Crippen LogP) is 0.821. The lowest BCUT2D eigenvalue weighted by Crippen LogP contribution is -2.14. The molecule has 0 aliphatic rings. The minimum absolute atomic E-state index is 0.153. The summed E-state index contributed by atoms with van der Waals surface area (Å²) < 4.78 is 37.0. The summed E-state index contributed by atoms with van der Waals surface area (Å²) in [6, 6.07) is 0. The highest BCUT2D eigenvalue weighted by Crippen LogP contribution is 1.85. The van der Waals surface area contributed by atoms with Crippen molar-refractivity contribution in [3.05, 3.63) is 4.91 Å². The van der Waals surface area contributed by atoms with Crippen LogP contribution in [0.4, 0.5) is 0 Å².